The maximum Gasteiger partial charge on any atom is 0.164 e. The van der Waals surface area contributed by atoms with E-state index in [1.807, 2.05) is 66.7 Å². The SMILES string of the molecule is O=C(CCNC(c1ccccc1)c1ccccc1)c1ccccc1. The second-order valence-corrected chi connectivity index (χ2v) is 5.75. The minimum Gasteiger partial charge on any atom is -0.306 e. The van der Waals surface area contributed by atoms with Crippen molar-refractivity contribution >= 4 is 5.78 Å². The molecule has 0 fully saturated rings. The molecule has 2 heteroatoms. The first-order chi connectivity index (χ1) is 11.8. The monoisotopic (exact) mass is 315 g/mol. The fourth-order valence-corrected chi connectivity index (χ4v) is 2.82. The molecule has 2 nitrogen and oxygen atoms in total. The number of hydrogen-bond acceptors (Lipinski definition) is 2. The van der Waals surface area contributed by atoms with E-state index in [4.69, 9.17) is 0 Å². The summed E-state index contributed by atoms with van der Waals surface area (Å²) in [5.41, 5.74) is 3.18. The highest BCUT2D eigenvalue weighted by atomic mass is 16.1. The molecule has 0 amide bonds. The third kappa shape index (κ3) is 4.18. The Morgan fingerprint density at radius 3 is 1.67 bits per heavy atom. The molecule has 0 unspecified atom stereocenters. The fraction of sp³-hybridized carbons (Fsp3) is 0.136. The molecule has 0 saturated carbocycles. The summed E-state index contributed by atoms with van der Waals surface area (Å²) in [5.74, 6) is 0.169. The Balaban J connectivity index is 1.68. The van der Waals surface area contributed by atoms with E-state index in [0.29, 0.717) is 13.0 Å². The zero-order valence-corrected chi connectivity index (χ0v) is 13.6. The van der Waals surface area contributed by atoms with Gasteiger partial charge in [0.1, 0.15) is 0 Å². The van der Waals surface area contributed by atoms with Crippen molar-refractivity contribution in [2.75, 3.05) is 6.54 Å². The predicted molar refractivity (Wildman–Crippen MR) is 98.1 cm³/mol. The van der Waals surface area contributed by atoms with Crippen LogP contribution in [0.5, 0.6) is 0 Å². The van der Waals surface area contributed by atoms with Crippen LogP contribution < -0.4 is 5.32 Å². The lowest BCUT2D eigenvalue weighted by molar-refractivity contribution is 0.0982. The smallest absolute Gasteiger partial charge is 0.164 e. The number of nitrogens with one attached hydrogen (secondary N) is 1. The standard InChI is InChI=1S/C22H21NO/c24-21(18-10-4-1-5-11-18)16-17-23-22(19-12-6-2-7-13-19)20-14-8-3-9-15-20/h1-15,22-23H,16-17H2. The fourth-order valence-electron chi connectivity index (χ4n) is 2.82. The van der Waals surface area contributed by atoms with Crippen LogP contribution in [-0.4, -0.2) is 12.3 Å². The van der Waals surface area contributed by atoms with Crippen LogP contribution in [0.4, 0.5) is 0 Å². The minimum atomic E-state index is 0.0935. The molecule has 0 heterocycles. The highest BCUT2D eigenvalue weighted by molar-refractivity contribution is 5.96. The number of Topliss-reactive ketones (excluding diaryl/α,β-unsaturated/α-hetero) is 1. The Bertz CT molecular complexity index is 714. The predicted octanol–water partition coefficient (Wildman–Crippen LogP) is 4.64. The Hall–Kier alpha value is -2.71. The first-order valence-electron chi connectivity index (χ1n) is 8.26. The number of carbonyl (C=O) groups is 1. The Labute approximate surface area is 143 Å². The van der Waals surface area contributed by atoms with E-state index in [0.717, 1.165) is 5.56 Å². The van der Waals surface area contributed by atoms with Gasteiger partial charge in [-0.2, -0.15) is 0 Å². The molecule has 0 aliphatic carbocycles. The van der Waals surface area contributed by atoms with Crippen LogP contribution in [0.2, 0.25) is 0 Å². The zero-order valence-electron chi connectivity index (χ0n) is 13.6. The first kappa shape index (κ1) is 16.2. The average Bonchev–Trinajstić information content (AvgIpc) is 2.67. The summed E-state index contributed by atoms with van der Waals surface area (Å²) in [7, 11) is 0. The molecule has 0 aromatic heterocycles. The summed E-state index contributed by atoms with van der Waals surface area (Å²) in [4.78, 5) is 12.3. The van der Waals surface area contributed by atoms with Gasteiger partial charge in [0.25, 0.3) is 0 Å². The van der Waals surface area contributed by atoms with Crippen LogP contribution >= 0.6 is 0 Å². The third-order valence-electron chi connectivity index (χ3n) is 4.06. The van der Waals surface area contributed by atoms with Gasteiger partial charge in [0, 0.05) is 18.5 Å². The lowest BCUT2D eigenvalue weighted by atomic mass is 9.98. The van der Waals surface area contributed by atoms with Gasteiger partial charge < -0.3 is 5.32 Å². The van der Waals surface area contributed by atoms with Crippen molar-refractivity contribution in [1.82, 2.24) is 5.32 Å². The van der Waals surface area contributed by atoms with Crippen molar-refractivity contribution in [1.29, 1.82) is 0 Å². The highest BCUT2D eigenvalue weighted by Crippen LogP contribution is 2.21. The van der Waals surface area contributed by atoms with Gasteiger partial charge >= 0.3 is 0 Å². The van der Waals surface area contributed by atoms with Crippen LogP contribution in [0, 0.1) is 0 Å². The third-order valence-corrected chi connectivity index (χ3v) is 4.06. The molecular weight excluding hydrogens is 294 g/mol. The molecule has 0 bridgehead atoms. The van der Waals surface area contributed by atoms with Crippen LogP contribution in [0.3, 0.4) is 0 Å². The molecule has 0 aliphatic rings. The van der Waals surface area contributed by atoms with Crippen LogP contribution in [0.25, 0.3) is 0 Å². The van der Waals surface area contributed by atoms with Crippen molar-refractivity contribution in [3.8, 4) is 0 Å². The van der Waals surface area contributed by atoms with Gasteiger partial charge in [-0.15, -0.1) is 0 Å². The Morgan fingerprint density at radius 1 is 0.708 bits per heavy atom. The van der Waals surface area contributed by atoms with Crippen LogP contribution in [0.1, 0.15) is 33.9 Å². The topological polar surface area (TPSA) is 29.1 Å². The van der Waals surface area contributed by atoms with Crippen molar-refractivity contribution in [2.24, 2.45) is 0 Å². The molecule has 24 heavy (non-hydrogen) atoms. The van der Waals surface area contributed by atoms with Gasteiger partial charge in [0.15, 0.2) is 5.78 Å². The van der Waals surface area contributed by atoms with Crippen LogP contribution in [-0.2, 0) is 0 Å². The highest BCUT2D eigenvalue weighted by Gasteiger charge is 2.13. The van der Waals surface area contributed by atoms with Gasteiger partial charge in [0.2, 0.25) is 0 Å². The van der Waals surface area contributed by atoms with Crippen molar-refractivity contribution in [3.63, 3.8) is 0 Å². The summed E-state index contributed by atoms with van der Waals surface area (Å²) in [6, 6.07) is 30.2. The van der Waals surface area contributed by atoms with Gasteiger partial charge in [0.05, 0.1) is 6.04 Å². The maximum atomic E-state index is 12.3. The zero-order chi connectivity index (χ0) is 16.6. The molecule has 0 atom stereocenters. The second-order valence-electron chi connectivity index (χ2n) is 5.75. The first-order valence-corrected chi connectivity index (χ1v) is 8.26. The lowest BCUT2D eigenvalue weighted by Gasteiger charge is -2.19. The molecule has 0 spiro atoms. The van der Waals surface area contributed by atoms with Crippen molar-refractivity contribution in [2.45, 2.75) is 12.5 Å². The van der Waals surface area contributed by atoms with Gasteiger partial charge in [-0.05, 0) is 11.1 Å². The van der Waals surface area contributed by atoms with E-state index in [1.54, 1.807) is 0 Å². The number of carbonyl (C=O) groups excluding carboxylic acids is 1. The second kappa shape index (κ2) is 8.23. The van der Waals surface area contributed by atoms with Crippen LogP contribution in [0.15, 0.2) is 91.0 Å². The number of benzene rings is 3. The molecule has 3 rings (SSSR count). The van der Waals surface area contributed by atoms with E-state index < -0.39 is 0 Å². The number of ketones is 1. The van der Waals surface area contributed by atoms with E-state index in [-0.39, 0.29) is 11.8 Å². The maximum absolute atomic E-state index is 12.3. The van der Waals surface area contributed by atoms with E-state index >= 15 is 0 Å². The molecule has 1 N–H and O–H groups in total. The number of rotatable bonds is 7. The molecule has 0 radical (unpaired) electrons. The Morgan fingerprint density at radius 2 is 1.17 bits per heavy atom. The summed E-state index contributed by atoms with van der Waals surface area (Å²) >= 11 is 0. The minimum absolute atomic E-state index is 0.0935. The molecule has 3 aromatic carbocycles. The van der Waals surface area contributed by atoms with Crippen molar-refractivity contribution in [3.05, 3.63) is 108 Å². The molecule has 120 valence electrons. The summed E-state index contributed by atoms with van der Waals surface area (Å²) in [6.07, 6.45) is 0.486. The quantitative estimate of drug-likeness (QED) is 0.644. The van der Waals surface area contributed by atoms with E-state index in [2.05, 4.69) is 29.6 Å². The van der Waals surface area contributed by atoms with E-state index in [9.17, 15) is 4.79 Å². The molecular formula is C22H21NO. The molecule has 3 aromatic rings. The summed E-state index contributed by atoms with van der Waals surface area (Å²) < 4.78 is 0. The van der Waals surface area contributed by atoms with Crippen molar-refractivity contribution < 1.29 is 4.79 Å². The van der Waals surface area contributed by atoms with Gasteiger partial charge in [-0.25, -0.2) is 0 Å². The van der Waals surface area contributed by atoms with Gasteiger partial charge in [-0.3, -0.25) is 4.79 Å². The van der Waals surface area contributed by atoms with E-state index in [1.165, 1.54) is 11.1 Å². The summed E-state index contributed by atoms with van der Waals surface area (Å²) in [5, 5.41) is 3.53. The lowest BCUT2D eigenvalue weighted by Crippen LogP contribution is -2.25. The summed E-state index contributed by atoms with van der Waals surface area (Å²) in [6.45, 7) is 0.641. The average molecular weight is 315 g/mol. The molecule has 0 aliphatic heterocycles. The molecule has 0 saturated heterocycles. The largest absolute Gasteiger partial charge is 0.306 e. The van der Waals surface area contributed by atoms with Gasteiger partial charge in [-0.1, -0.05) is 91.0 Å². The normalized spacial score (nSPS) is 10.7. The number of hydrogen-bond donors (Lipinski definition) is 1. The Kier molecular flexibility index (Phi) is 5.54.